The first-order valence-corrected chi connectivity index (χ1v) is 7.15. The van der Waals surface area contributed by atoms with Crippen LogP contribution in [-0.4, -0.2) is 41.5 Å². The Kier molecular flexibility index (Phi) is 4.47. The maximum Gasteiger partial charge on any atom is 0.310 e. The third-order valence-electron chi connectivity index (χ3n) is 3.71. The van der Waals surface area contributed by atoms with Crippen LogP contribution in [0.5, 0.6) is 0 Å². The second kappa shape index (κ2) is 6.11. The molecule has 1 fully saturated rings. The fourth-order valence-corrected chi connectivity index (χ4v) is 2.73. The number of carbonyl (C=O) groups is 2. The maximum absolute atomic E-state index is 12.5. The van der Waals surface area contributed by atoms with Gasteiger partial charge in [-0.3, -0.25) is 9.59 Å². The second-order valence-electron chi connectivity index (χ2n) is 5.33. The van der Waals surface area contributed by atoms with Gasteiger partial charge in [0, 0.05) is 24.5 Å². The number of carbonyl (C=O) groups excluding carboxylic acids is 2. The van der Waals surface area contributed by atoms with Crippen LogP contribution in [0.15, 0.2) is 6.07 Å². The number of hydrogen-bond donors (Lipinski definition) is 1. The van der Waals surface area contributed by atoms with E-state index in [2.05, 4.69) is 4.98 Å². The molecule has 0 spiro atoms. The summed E-state index contributed by atoms with van der Waals surface area (Å²) in [7, 11) is 0. The standard InChI is InChI=1S/C15H22N2O3/c1-4-20-15(19)12-6-5-7-17(9-12)14(18)13-8-10(2)16-11(13)3/h8,12,16H,4-7,9H2,1-3H3. The topological polar surface area (TPSA) is 62.4 Å². The van der Waals surface area contributed by atoms with E-state index in [-0.39, 0.29) is 17.8 Å². The minimum absolute atomic E-state index is 0.000786. The van der Waals surface area contributed by atoms with Gasteiger partial charge in [0.25, 0.3) is 5.91 Å². The number of esters is 1. The van der Waals surface area contributed by atoms with E-state index < -0.39 is 0 Å². The number of aryl methyl sites for hydroxylation is 2. The van der Waals surface area contributed by atoms with Crippen molar-refractivity contribution >= 4 is 11.9 Å². The van der Waals surface area contributed by atoms with Crippen LogP contribution < -0.4 is 0 Å². The summed E-state index contributed by atoms with van der Waals surface area (Å²) >= 11 is 0. The number of amides is 1. The highest BCUT2D eigenvalue weighted by Crippen LogP contribution is 2.21. The number of rotatable bonds is 3. The maximum atomic E-state index is 12.5. The summed E-state index contributed by atoms with van der Waals surface area (Å²) in [6.07, 6.45) is 1.64. The molecular weight excluding hydrogens is 256 g/mol. The Morgan fingerprint density at radius 3 is 2.80 bits per heavy atom. The first-order valence-electron chi connectivity index (χ1n) is 7.15. The Balaban J connectivity index is 2.07. The quantitative estimate of drug-likeness (QED) is 0.861. The summed E-state index contributed by atoms with van der Waals surface area (Å²) in [4.78, 5) is 29.2. The number of likely N-dealkylation sites (tertiary alicyclic amines) is 1. The van der Waals surface area contributed by atoms with Crippen LogP contribution in [0.1, 0.15) is 41.5 Å². The summed E-state index contributed by atoms with van der Waals surface area (Å²) in [5, 5.41) is 0. The molecule has 110 valence electrons. The molecule has 5 nitrogen and oxygen atoms in total. The molecule has 0 saturated carbocycles. The minimum atomic E-state index is -0.188. The smallest absolute Gasteiger partial charge is 0.310 e. The Hall–Kier alpha value is -1.78. The SMILES string of the molecule is CCOC(=O)C1CCCN(C(=O)c2cc(C)[nH]c2C)C1. The van der Waals surface area contributed by atoms with E-state index in [1.165, 1.54) is 0 Å². The summed E-state index contributed by atoms with van der Waals surface area (Å²) in [5.41, 5.74) is 2.56. The molecule has 2 rings (SSSR count). The summed E-state index contributed by atoms with van der Waals surface area (Å²) in [5.74, 6) is -0.374. The van der Waals surface area contributed by atoms with Gasteiger partial charge in [0.05, 0.1) is 18.1 Å². The fourth-order valence-electron chi connectivity index (χ4n) is 2.73. The lowest BCUT2D eigenvalue weighted by Gasteiger charge is -2.31. The van der Waals surface area contributed by atoms with Crippen LogP contribution in [0, 0.1) is 19.8 Å². The van der Waals surface area contributed by atoms with Gasteiger partial charge >= 0.3 is 5.97 Å². The Labute approximate surface area is 119 Å². The van der Waals surface area contributed by atoms with Gasteiger partial charge in [-0.25, -0.2) is 0 Å². The van der Waals surface area contributed by atoms with Crippen LogP contribution in [0.2, 0.25) is 0 Å². The zero-order chi connectivity index (χ0) is 14.7. The molecule has 2 heterocycles. The summed E-state index contributed by atoms with van der Waals surface area (Å²) in [6.45, 7) is 7.18. The molecule has 1 aromatic heterocycles. The Bertz CT molecular complexity index is 507. The van der Waals surface area contributed by atoms with Crippen molar-refractivity contribution in [1.82, 2.24) is 9.88 Å². The van der Waals surface area contributed by atoms with Crippen molar-refractivity contribution in [3.8, 4) is 0 Å². The fraction of sp³-hybridized carbons (Fsp3) is 0.600. The van der Waals surface area contributed by atoms with E-state index in [0.29, 0.717) is 25.3 Å². The van der Waals surface area contributed by atoms with Gasteiger partial charge in [0.15, 0.2) is 0 Å². The van der Waals surface area contributed by atoms with Crippen molar-refractivity contribution in [2.45, 2.75) is 33.6 Å². The van der Waals surface area contributed by atoms with Crippen molar-refractivity contribution in [3.05, 3.63) is 23.0 Å². The largest absolute Gasteiger partial charge is 0.466 e. The van der Waals surface area contributed by atoms with Crippen LogP contribution in [0.4, 0.5) is 0 Å². The highest BCUT2D eigenvalue weighted by Gasteiger charge is 2.30. The first kappa shape index (κ1) is 14.6. The van der Waals surface area contributed by atoms with Gasteiger partial charge in [0.2, 0.25) is 0 Å². The lowest BCUT2D eigenvalue weighted by atomic mass is 9.97. The van der Waals surface area contributed by atoms with Crippen LogP contribution in [0.3, 0.4) is 0 Å². The number of aromatic amines is 1. The van der Waals surface area contributed by atoms with Gasteiger partial charge < -0.3 is 14.6 Å². The number of nitrogens with one attached hydrogen (secondary N) is 1. The van der Waals surface area contributed by atoms with Crippen molar-refractivity contribution in [2.24, 2.45) is 5.92 Å². The molecular formula is C15H22N2O3. The average molecular weight is 278 g/mol. The Morgan fingerprint density at radius 2 is 2.20 bits per heavy atom. The first-order chi connectivity index (χ1) is 9.52. The third-order valence-corrected chi connectivity index (χ3v) is 3.71. The lowest BCUT2D eigenvalue weighted by molar-refractivity contribution is -0.149. The zero-order valence-electron chi connectivity index (χ0n) is 12.4. The van der Waals surface area contributed by atoms with Crippen LogP contribution >= 0.6 is 0 Å². The van der Waals surface area contributed by atoms with Crippen molar-refractivity contribution in [2.75, 3.05) is 19.7 Å². The van der Waals surface area contributed by atoms with Crippen LogP contribution in [-0.2, 0) is 9.53 Å². The van der Waals surface area contributed by atoms with Crippen molar-refractivity contribution < 1.29 is 14.3 Å². The molecule has 0 bridgehead atoms. The summed E-state index contributed by atoms with van der Waals surface area (Å²) in [6, 6.07) is 1.87. The highest BCUT2D eigenvalue weighted by molar-refractivity contribution is 5.96. The minimum Gasteiger partial charge on any atom is -0.466 e. The van der Waals surface area contributed by atoms with Crippen LogP contribution in [0.25, 0.3) is 0 Å². The monoisotopic (exact) mass is 278 g/mol. The van der Waals surface area contributed by atoms with Gasteiger partial charge in [0.1, 0.15) is 0 Å². The molecule has 1 saturated heterocycles. The van der Waals surface area contributed by atoms with Gasteiger partial charge in [-0.1, -0.05) is 0 Å². The molecule has 1 amide bonds. The predicted molar refractivity (Wildman–Crippen MR) is 75.5 cm³/mol. The number of nitrogens with zero attached hydrogens (tertiary/aromatic N) is 1. The van der Waals surface area contributed by atoms with E-state index in [0.717, 1.165) is 24.2 Å². The second-order valence-corrected chi connectivity index (χ2v) is 5.33. The number of hydrogen-bond acceptors (Lipinski definition) is 3. The molecule has 1 N–H and O–H groups in total. The summed E-state index contributed by atoms with van der Waals surface area (Å²) < 4.78 is 5.06. The molecule has 1 atom stereocenters. The van der Waals surface area contributed by atoms with E-state index in [9.17, 15) is 9.59 Å². The highest BCUT2D eigenvalue weighted by atomic mass is 16.5. The third kappa shape index (κ3) is 3.03. The zero-order valence-corrected chi connectivity index (χ0v) is 12.4. The average Bonchev–Trinajstić information content (AvgIpc) is 2.77. The van der Waals surface area contributed by atoms with Gasteiger partial charge in [-0.05, 0) is 39.7 Å². The van der Waals surface area contributed by atoms with Gasteiger partial charge in [-0.15, -0.1) is 0 Å². The molecule has 5 heteroatoms. The number of aromatic nitrogens is 1. The molecule has 20 heavy (non-hydrogen) atoms. The van der Waals surface area contributed by atoms with Crippen molar-refractivity contribution in [3.63, 3.8) is 0 Å². The van der Waals surface area contributed by atoms with E-state index in [1.54, 1.807) is 11.8 Å². The van der Waals surface area contributed by atoms with E-state index in [4.69, 9.17) is 4.74 Å². The molecule has 0 aromatic carbocycles. The Morgan fingerprint density at radius 1 is 1.45 bits per heavy atom. The molecule has 0 aliphatic carbocycles. The predicted octanol–water partition coefficient (Wildman–Crippen LogP) is 2.05. The van der Waals surface area contributed by atoms with E-state index in [1.807, 2.05) is 19.9 Å². The normalized spacial score (nSPS) is 18.9. The molecule has 0 radical (unpaired) electrons. The lowest BCUT2D eigenvalue weighted by Crippen LogP contribution is -2.42. The molecule has 1 aromatic rings. The van der Waals surface area contributed by atoms with E-state index >= 15 is 0 Å². The number of piperidine rings is 1. The molecule has 1 unspecified atom stereocenters. The van der Waals surface area contributed by atoms with Gasteiger partial charge in [-0.2, -0.15) is 0 Å². The molecule has 1 aliphatic heterocycles. The van der Waals surface area contributed by atoms with Crippen molar-refractivity contribution in [1.29, 1.82) is 0 Å². The molecule has 1 aliphatic rings. The number of ether oxygens (including phenoxy) is 1. The number of H-pyrrole nitrogens is 1.